The zero-order chi connectivity index (χ0) is 17.1. The van der Waals surface area contributed by atoms with Gasteiger partial charge in [-0.15, -0.1) is 6.42 Å². The predicted molar refractivity (Wildman–Crippen MR) is 91.9 cm³/mol. The van der Waals surface area contributed by atoms with E-state index < -0.39 is 0 Å². The fourth-order valence-electron chi connectivity index (χ4n) is 3.04. The van der Waals surface area contributed by atoms with Gasteiger partial charge in [0, 0.05) is 44.6 Å². The largest absolute Gasteiger partial charge is 0.349 e. The number of carbonyl (C=O) groups is 1. The van der Waals surface area contributed by atoms with E-state index in [4.69, 9.17) is 6.42 Å². The van der Waals surface area contributed by atoms with Gasteiger partial charge in [0.2, 0.25) is 5.91 Å². The average molecular weight is 329 g/mol. The van der Waals surface area contributed by atoms with Gasteiger partial charge in [-0.2, -0.15) is 0 Å². The number of nitrogens with one attached hydrogen (secondary N) is 1. The second-order valence-electron chi connectivity index (χ2n) is 6.32. The van der Waals surface area contributed by atoms with Crippen LogP contribution in [0, 0.1) is 12.3 Å². The number of rotatable bonds is 5. The lowest BCUT2D eigenvalue weighted by Gasteiger charge is -2.37. The smallest absolute Gasteiger partial charge is 0.293 e. The van der Waals surface area contributed by atoms with E-state index in [-0.39, 0.29) is 24.1 Å². The molecule has 0 spiro atoms. The summed E-state index contributed by atoms with van der Waals surface area (Å²) in [5.41, 5.74) is -0.00624. The number of hydrogen-bond donors (Lipinski definition) is 1. The lowest BCUT2D eigenvalue weighted by Crippen LogP contribution is -2.55. The molecule has 1 amide bonds. The van der Waals surface area contributed by atoms with Crippen LogP contribution in [0.3, 0.4) is 0 Å². The van der Waals surface area contributed by atoms with Gasteiger partial charge in [0.1, 0.15) is 0 Å². The molecular formula is C17H23N5O2. The Morgan fingerprint density at radius 1 is 1.42 bits per heavy atom. The van der Waals surface area contributed by atoms with Gasteiger partial charge < -0.3 is 14.8 Å². The Bertz CT molecular complexity index is 696. The summed E-state index contributed by atoms with van der Waals surface area (Å²) in [6.45, 7) is 4.92. The molecule has 24 heavy (non-hydrogen) atoms. The van der Waals surface area contributed by atoms with E-state index in [1.165, 1.54) is 0 Å². The molecular weight excluding hydrogens is 306 g/mol. The van der Waals surface area contributed by atoms with Gasteiger partial charge in [-0.05, 0) is 19.8 Å². The number of piperazine rings is 1. The Labute approximate surface area is 141 Å². The van der Waals surface area contributed by atoms with Gasteiger partial charge in [-0.3, -0.25) is 14.5 Å². The molecule has 1 aliphatic carbocycles. The normalized spacial score (nSPS) is 19.6. The van der Waals surface area contributed by atoms with E-state index in [0.717, 1.165) is 12.8 Å². The Hall–Kier alpha value is -2.33. The van der Waals surface area contributed by atoms with E-state index in [1.807, 2.05) is 11.8 Å². The van der Waals surface area contributed by atoms with Crippen LogP contribution >= 0.6 is 0 Å². The number of anilines is 1. The summed E-state index contributed by atoms with van der Waals surface area (Å²) in [6.07, 6.45) is 10.8. The van der Waals surface area contributed by atoms with Crippen molar-refractivity contribution in [2.45, 2.75) is 31.8 Å². The Balaban J connectivity index is 1.61. The maximum absolute atomic E-state index is 12.6. The lowest BCUT2D eigenvalue weighted by molar-refractivity contribution is -0.125. The highest BCUT2D eigenvalue weighted by Crippen LogP contribution is 2.33. The molecule has 0 unspecified atom stereocenters. The molecule has 3 rings (SSSR count). The Morgan fingerprint density at radius 3 is 2.75 bits per heavy atom. The SMILES string of the molecule is C#CCNC(=O)[C@@H](C)N1CCN(c2nccn(C3CC3)c2=O)CC1. The van der Waals surface area contributed by atoms with Crippen LogP contribution in [0.5, 0.6) is 0 Å². The number of aromatic nitrogens is 2. The number of hydrogen-bond acceptors (Lipinski definition) is 5. The number of carbonyl (C=O) groups excluding carboxylic acids is 1. The number of nitrogens with zero attached hydrogens (tertiary/aromatic N) is 4. The molecule has 1 atom stereocenters. The van der Waals surface area contributed by atoms with Gasteiger partial charge >= 0.3 is 0 Å². The van der Waals surface area contributed by atoms with Crippen molar-refractivity contribution in [3.05, 3.63) is 22.7 Å². The Morgan fingerprint density at radius 2 is 2.12 bits per heavy atom. The van der Waals surface area contributed by atoms with Gasteiger partial charge in [0.25, 0.3) is 5.56 Å². The summed E-state index contributed by atoms with van der Waals surface area (Å²) in [4.78, 5) is 33.0. The first kappa shape index (κ1) is 16.5. The summed E-state index contributed by atoms with van der Waals surface area (Å²) in [5.74, 6) is 2.87. The molecule has 7 nitrogen and oxygen atoms in total. The third-order valence-electron chi connectivity index (χ3n) is 4.70. The van der Waals surface area contributed by atoms with Crippen molar-refractivity contribution in [1.82, 2.24) is 19.8 Å². The summed E-state index contributed by atoms with van der Waals surface area (Å²) in [5, 5.41) is 2.71. The molecule has 0 radical (unpaired) electrons. The molecule has 1 aromatic rings. The molecule has 2 heterocycles. The first-order chi connectivity index (χ1) is 11.6. The topological polar surface area (TPSA) is 70.5 Å². The first-order valence-corrected chi connectivity index (χ1v) is 8.39. The average Bonchev–Trinajstić information content (AvgIpc) is 3.44. The predicted octanol–water partition coefficient (Wildman–Crippen LogP) is -0.162. The first-order valence-electron chi connectivity index (χ1n) is 8.39. The van der Waals surface area contributed by atoms with Gasteiger partial charge in [-0.25, -0.2) is 4.98 Å². The molecule has 1 aromatic heterocycles. The zero-order valence-electron chi connectivity index (χ0n) is 13.9. The van der Waals surface area contributed by atoms with Crippen LogP contribution in [-0.2, 0) is 4.79 Å². The second kappa shape index (κ2) is 7.05. The van der Waals surface area contributed by atoms with Crippen molar-refractivity contribution in [2.75, 3.05) is 37.6 Å². The molecule has 2 fully saturated rings. The third kappa shape index (κ3) is 3.44. The van der Waals surface area contributed by atoms with E-state index in [0.29, 0.717) is 38.0 Å². The van der Waals surface area contributed by atoms with Crippen LogP contribution in [0.2, 0.25) is 0 Å². The molecule has 2 aliphatic rings. The van der Waals surface area contributed by atoms with E-state index in [9.17, 15) is 9.59 Å². The summed E-state index contributed by atoms with van der Waals surface area (Å²) in [6, 6.07) is 0.118. The van der Waals surface area contributed by atoms with Gasteiger partial charge in [0.05, 0.1) is 12.6 Å². The van der Waals surface area contributed by atoms with Crippen LogP contribution in [-0.4, -0.2) is 59.1 Å². The lowest BCUT2D eigenvalue weighted by atomic mass is 10.2. The van der Waals surface area contributed by atoms with Crippen LogP contribution in [0.1, 0.15) is 25.8 Å². The fourth-order valence-corrected chi connectivity index (χ4v) is 3.04. The molecule has 1 saturated carbocycles. The van der Waals surface area contributed by atoms with Crippen LogP contribution in [0.25, 0.3) is 0 Å². The van der Waals surface area contributed by atoms with E-state index >= 15 is 0 Å². The monoisotopic (exact) mass is 329 g/mol. The molecule has 1 saturated heterocycles. The highest BCUT2D eigenvalue weighted by molar-refractivity contribution is 5.81. The molecule has 7 heteroatoms. The van der Waals surface area contributed by atoms with Crippen molar-refractivity contribution >= 4 is 11.7 Å². The number of amides is 1. The summed E-state index contributed by atoms with van der Waals surface area (Å²) in [7, 11) is 0. The minimum absolute atomic E-state index is 0.00624. The molecule has 1 N–H and O–H groups in total. The second-order valence-corrected chi connectivity index (χ2v) is 6.32. The summed E-state index contributed by atoms with van der Waals surface area (Å²) < 4.78 is 1.80. The van der Waals surface area contributed by atoms with Crippen LogP contribution in [0.4, 0.5) is 5.82 Å². The molecule has 0 aromatic carbocycles. The highest BCUT2D eigenvalue weighted by Gasteiger charge is 2.29. The van der Waals surface area contributed by atoms with Gasteiger partial charge in [0.15, 0.2) is 5.82 Å². The van der Waals surface area contributed by atoms with Crippen molar-refractivity contribution in [3.8, 4) is 12.3 Å². The standard InChI is InChI=1S/C17H23N5O2/c1-3-6-19-16(23)13(2)20-9-11-21(12-10-20)15-17(24)22(8-7-18-15)14-4-5-14/h1,7-8,13-14H,4-6,9-12H2,2H3,(H,19,23)/t13-/m1/s1. The van der Waals surface area contributed by atoms with E-state index in [2.05, 4.69) is 21.1 Å². The Kier molecular flexibility index (Phi) is 4.86. The molecule has 1 aliphatic heterocycles. The third-order valence-corrected chi connectivity index (χ3v) is 4.70. The minimum atomic E-state index is -0.229. The zero-order valence-corrected chi connectivity index (χ0v) is 13.9. The minimum Gasteiger partial charge on any atom is -0.349 e. The maximum Gasteiger partial charge on any atom is 0.293 e. The van der Waals surface area contributed by atoms with E-state index in [1.54, 1.807) is 17.0 Å². The van der Waals surface area contributed by atoms with Crippen molar-refractivity contribution in [1.29, 1.82) is 0 Å². The highest BCUT2D eigenvalue weighted by atomic mass is 16.2. The maximum atomic E-state index is 12.6. The van der Waals surface area contributed by atoms with Crippen molar-refractivity contribution < 1.29 is 4.79 Å². The van der Waals surface area contributed by atoms with Crippen molar-refractivity contribution in [3.63, 3.8) is 0 Å². The fraction of sp³-hybridized carbons (Fsp3) is 0.588. The van der Waals surface area contributed by atoms with Crippen LogP contribution < -0.4 is 15.8 Å². The molecule has 0 bridgehead atoms. The van der Waals surface area contributed by atoms with Crippen LogP contribution in [0.15, 0.2) is 17.2 Å². The number of terminal acetylenes is 1. The summed E-state index contributed by atoms with van der Waals surface area (Å²) >= 11 is 0. The van der Waals surface area contributed by atoms with Gasteiger partial charge in [-0.1, -0.05) is 5.92 Å². The molecule has 128 valence electrons. The quantitative estimate of drug-likeness (QED) is 0.760. The van der Waals surface area contributed by atoms with Crippen molar-refractivity contribution in [2.24, 2.45) is 0 Å².